The van der Waals surface area contributed by atoms with Crippen LogP contribution in [0.25, 0.3) is 0 Å². The predicted octanol–water partition coefficient (Wildman–Crippen LogP) is 2.41. The molecule has 0 atom stereocenters. The van der Waals surface area contributed by atoms with E-state index >= 15 is 0 Å². The Bertz CT molecular complexity index is 387. The summed E-state index contributed by atoms with van der Waals surface area (Å²) < 4.78 is 5.35. The van der Waals surface area contributed by atoms with Gasteiger partial charge in [0.05, 0.1) is 12.1 Å². The lowest BCUT2D eigenvalue weighted by molar-refractivity contribution is 0.340. The lowest BCUT2D eigenvalue weighted by Crippen LogP contribution is -2.02. The van der Waals surface area contributed by atoms with Gasteiger partial charge in [0, 0.05) is 0 Å². The molecule has 0 N–H and O–H groups in total. The largest absolute Gasteiger partial charge is 0.494 e. The van der Waals surface area contributed by atoms with E-state index in [1.807, 2.05) is 31.2 Å². The Morgan fingerprint density at radius 3 is 2.53 bits per heavy atom. The van der Waals surface area contributed by atoms with Gasteiger partial charge in [0.1, 0.15) is 5.75 Å². The molecule has 0 saturated heterocycles. The summed E-state index contributed by atoms with van der Waals surface area (Å²) in [5.74, 6) is 0.854. The quantitative estimate of drug-likeness (QED) is 0.556. The summed E-state index contributed by atoms with van der Waals surface area (Å²) >= 11 is 0. The minimum Gasteiger partial charge on any atom is -0.494 e. The first kappa shape index (κ1) is 9.94. The topological polar surface area (TPSA) is 38.7 Å². The summed E-state index contributed by atoms with van der Waals surface area (Å²) in [7, 11) is 0. The van der Waals surface area contributed by atoms with Crippen LogP contribution in [-0.4, -0.2) is 12.7 Å². The Morgan fingerprint density at radius 2 is 2.07 bits per heavy atom. The minimum atomic E-state index is -0.271. The van der Waals surface area contributed by atoms with Crippen molar-refractivity contribution in [2.75, 3.05) is 6.61 Å². The van der Waals surface area contributed by atoms with Crippen molar-refractivity contribution >= 4 is 6.08 Å². The molecule has 1 saturated carbocycles. The standard InChI is InChI=1S/C12H13NO2/c1-2-15-11-5-3-10(4-6-11)12(7-8-12)13-9-14/h3-6H,2,7-8H2,1H3. The summed E-state index contributed by atoms with van der Waals surface area (Å²) in [6, 6.07) is 7.77. The second-order valence-corrected chi connectivity index (χ2v) is 3.69. The molecule has 15 heavy (non-hydrogen) atoms. The molecule has 0 amide bonds. The van der Waals surface area contributed by atoms with Gasteiger partial charge < -0.3 is 4.74 Å². The van der Waals surface area contributed by atoms with Gasteiger partial charge in [0.25, 0.3) is 0 Å². The summed E-state index contributed by atoms with van der Waals surface area (Å²) in [4.78, 5) is 14.2. The van der Waals surface area contributed by atoms with Gasteiger partial charge in [-0.15, -0.1) is 0 Å². The molecule has 3 heteroatoms. The molecule has 1 aliphatic carbocycles. The average molecular weight is 203 g/mol. The van der Waals surface area contributed by atoms with Crippen LogP contribution in [0.2, 0.25) is 0 Å². The van der Waals surface area contributed by atoms with E-state index in [0.717, 1.165) is 24.2 Å². The number of benzene rings is 1. The highest BCUT2D eigenvalue weighted by Gasteiger charge is 2.44. The zero-order valence-electron chi connectivity index (χ0n) is 8.69. The van der Waals surface area contributed by atoms with Gasteiger partial charge in [-0.05, 0) is 37.5 Å². The van der Waals surface area contributed by atoms with Crippen LogP contribution in [0.5, 0.6) is 5.75 Å². The minimum absolute atomic E-state index is 0.271. The SMILES string of the molecule is CCOc1ccc(C2(N=C=O)CC2)cc1. The highest BCUT2D eigenvalue weighted by Crippen LogP contribution is 2.49. The third-order valence-electron chi connectivity index (χ3n) is 2.69. The molecule has 0 spiro atoms. The Morgan fingerprint density at radius 1 is 1.40 bits per heavy atom. The summed E-state index contributed by atoms with van der Waals surface area (Å²) in [5, 5.41) is 0. The molecular formula is C12H13NO2. The fraction of sp³-hybridized carbons (Fsp3) is 0.417. The molecule has 0 bridgehead atoms. The van der Waals surface area contributed by atoms with Crippen LogP contribution >= 0.6 is 0 Å². The number of ether oxygens (including phenoxy) is 1. The average Bonchev–Trinajstić information content (AvgIpc) is 3.01. The van der Waals surface area contributed by atoms with E-state index in [2.05, 4.69) is 4.99 Å². The van der Waals surface area contributed by atoms with Crippen molar-refractivity contribution in [3.8, 4) is 5.75 Å². The Hall–Kier alpha value is -1.60. The van der Waals surface area contributed by atoms with Crippen molar-refractivity contribution in [3.05, 3.63) is 29.8 Å². The van der Waals surface area contributed by atoms with Gasteiger partial charge in [0.2, 0.25) is 6.08 Å². The fourth-order valence-electron chi connectivity index (χ4n) is 1.70. The summed E-state index contributed by atoms with van der Waals surface area (Å²) in [6.45, 7) is 2.62. The molecule has 1 aliphatic rings. The second-order valence-electron chi connectivity index (χ2n) is 3.69. The van der Waals surface area contributed by atoms with Crippen molar-refractivity contribution in [3.63, 3.8) is 0 Å². The molecule has 0 radical (unpaired) electrons. The molecule has 0 heterocycles. The van der Waals surface area contributed by atoms with Crippen LogP contribution in [0.15, 0.2) is 29.3 Å². The zero-order chi connectivity index (χ0) is 10.7. The highest BCUT2D eigenvalue weighted by molar-refractivity contribution is 5.42. The molecule has 0 unspecified atom stereocenters. The molecular weight excluding hydrogens is 190 g/mol. The maximum atomic E-state index is 10.3. The molecule has 1 aromatic rings. The van der Waals surface area contributed by atoms with Crippen molar-refractivity contribution in [1.29, 1.82) is 0 Å². The van der Waals surface area contributed by atoms with Crippen molar-refractivity contribution in [1.82, 2.24) is 0 Å². The van der Waals surface area contributed by atoms with Crippen molar-refractivity contribution < 1.29 is 9.53 Å². The number of hydrogen-bond acceptors (Lipinski definition) is 3. The maximum absolute atomic E-state index is 10.3. The third kappa shape index (κ3) is 1.92. The second kappa shape index (κ2) is 3.87. The fourth-order valence-corrected chi connectivity index (χ4v) is 1.70. The van der Waals surface area contributed by atoms with Crippen LogP contribution in [0, 0.1) is 0 Å². The van der Waals surface area contributed by atoms with E-state index in [1.54, 1.807) is 6.08 Å². The molecule has 1 aromatic carbocycles. The highest BCUT2D eigenvalue weighted by atomic mass is 16.5. The number of carbonyl (C=O) groups excluding carboxylic acids is 1. The molecule has 0 aromatic heterocycles. The molecule has 3 nitrogen and oxygen atoms in total. The Labute approximate surface area is 88.8 Å². The van der Waals surface area contributed by atoms with Crippen LogP contribution in [0.4, 0.5) is 0 Å². The van der Waals surface area contributed by atoms with Crippen LogP contribution in [0.1, 0.15) is 25.3 Å². The normalized spacial score (nSPS) is 16.6. The monoisotopic (exact) mass is 203 g/mol. The van der Waals surface area contributed by atoms with Gasteiger partial charge in [-0.1, -0.05) is 12.1 Å². The first-order valence-corrected chi connectivity index (χ1v) is 5.13. The van der Waals surface area contributed by atoms with Crippen molar-refractivity contribution in [2.45, 2.75) is 25.3 Å². The van der Waals surface area contributed by atoms with Gasteiger partial charge in [-0.3, -0.25) is 0 Å². The Kier molecular flexibility index (Phi) is 2.57. The number of hydrogen-bond donors (Lipinski definition) is 0. The molecule has 78 valence electrons. The third-order valence-corrected chi connectivity index (χ3v) is 2.69. The lowest BCUT2D eigenvalue weighted by Gasteiger charge is -2.09. The van der Waals surface area contributed by atoms with E-state index in [4.69, 9.17) is 4.74 Å². The van der Waals surface area contributed by atoms with Crippen LogP contribution < -0.4 is 4.74 Å². The van der Waals surface area contributed by atoms with E-state index in [1.165, 1.54) is 0 Å². The first-order valence-electron chi connectivity index (χ1n) is 5.13. The maximum Gasteiger partial charge on any atom is 0.235 e. The predicted molar refractivity (Wildman–Crippen MR) is 56.6 cm³/mol. The van der Waals surface area contributed by atoms with E-state index in [0.29, 0.717) is 6.61 Å². The smallest absolute Gasteiger partial charge is 0.235 e. The summed E-state index contributed by atoms with van der Waals surface area (Å²) in [5.41, 5.74) is 0.807. The van der Waals surface area contributed by atoms with Crippen molar-refractivity contribution in [2.24, 2.45) is 4.99 Å². The van der Waals surface area contributed by atoms with E-state index in [9.17, 15) is 4.79 Å². The molecule has 0 aliphatic heterocycles. The van der Waals surface area contributed by atoms with E-state index < -0.39 is 0 Å². The number of rotatable bonds is 4. The van der Waals surface area contributed by atoms with E-state index in [-0.39, 0.29) is 5.54 Å². The van der Waals surface area contributed by atoms with Crippen LogP contribution in [-0.2, 0) is 10.3 Å². The van der Waals surface area contributed by atoms with Crippen LogP contribution in [0.3, 0.4) is 0 Å². The number of aliphatic imine (C=N–C) groups is 1. The van der Waals surface area contributed by atoms with Gasteiger partial charge >= 0.3 is 0 Å². The van der Waals surface area contributed by atoms with Gasteiger partial charge in [-0.2, -0.15) is 4.99 Å². The van der Waals surface area contributed by atoms with Gasteiger partial charge in [0.15, 0.2) is 0 Å². The summed E-state index contributed by atoms with van der Waals surface area (Å²) in [6.07, 6.45) is 3.53. The lowest BCUT2D eigenvalue weighted by atomic mass is 10.1. The zero-order valence-corrected chi connectivity index (χ0v) is 8.69. The number of isocyanates is 1. The Balaban J connectivity index is 2.20. The number of nitrogens with zero attached hydrogens (tertiary/aromatic N) is 1. The molecule has 2 rings (SSSR count). The van der Waals surface area contributed by atoms with Gasteiger partial charge in [-0.25, -0.2) is 4.79 Å². The molecule has 1 fully saturated rings. The first-order chi connectivity index (χ1) is 7.30.